The SMILES string of the molecule is CCOC(=O)C1C(=O)N(C)c2cc(-c3cccc(Cl)c3)sc21. The van der Waals surface area contributed by atoms with E-state index in [-0.39, 0.29) is 12.5 Å². The highest BCUT2D eigenvalue weighted by Crippen LogP contribution is 2.46. The van der Waals surface area contributed by atoms with Gasteiger partial charge in [0, 0.05) is 16.9 Å². The van der Waals surface area contributed by atoms with Crippen molar-refractivity contribution in [1.29, 1.82) is 0 Å². The van der Waals surface area contributed by atoms with E-state index in [9.17, 15) is 9.59 Å². The molecule has 1 aromatic heterocycles. The van der Waals surface area contributed by atoms with E-state index in [2.05, 4.69) is 0 Å². The second kappa shape index (κ2) is 5.74. The fraction of sp³-hybridized carbons (Fsp3) is 0.250. The number of benzene rings is 1. The number of anilines is 1. The molecule has 1 aliphatic heterocycles. The predicted octanol–water partition coefficient (Wildman–Crippen LogP) is 3.69. The second-order valence-corrected chi connectivity index (χ2v) is 6.47. The summed E-state index contributed by atoms with van der Waals surface area (Å²) < 4.78 is 5.03. The molecule has 0 bridgehead atoms. The van der Waals surface area contributed by atoms with Crippen molar-refractivity contribution in [3.8, 4) is 10.4 Å². The Morgan fingerprint density at radius 3 is 2.86 bits per heavy atom. The first-order chi connectivity index (χ1) is 10.5. The van der Waals surface area contributed by atoms with Crippen LogP contribution >= 0.6 is 22.9 Å². The fourth-order valence-electron chi connectivity index (χ4n) is 2.51. The van der Waals surface area contributed by atoms with E-state index in [0.717, 1.165) is 21.0 Å². The van der Waals surface area contributed by atoms with Gasteiger partial charge >= 0.3 is 5.97 Å². The molecule has 0 spiro atoms. The van der Waals surface area contributed by atoms with Crippen LogP contribution in [-0.2, 0) is 14.3 Å². The van der Waals surface area contributed by atoms with E-state index in [1.54, 1.807) is 14.0 Å². The molecule has 1 unspecified atom stereocenters. The summed E-state index contributed by atoms with van der Waals surface area (Å²) in [6.45, 7) is 1.99. The number of nitrogens with zero attached hydrogens (tertiary/aromatic N) is 1. The van der Waals surface area contributed by atoms with Gasteiger partial charge in [0.1, 0.15) is 0 Å². The molecule has 0 fully saturated rings. The summed E-state index contributed by atoms with van der Waals surface area (Å²) in [4.78, 5) is 27.6. The summed E-state index contributed by atoms with van der Waals surface area (Å²) >= 11 is 7.46. The lowest BCUT2D eigenvalue weighted by Gasteiger charge is -2.11. The van der Waals surface area contributed by atoms with Crippen LogP contribution in [0.15, 0.2) is 30.3 Å². The summed E-state index contributed by atoms with van der Waals surface area (Å²) in [5.41, 5.74) is 1.73. The zero-order valence-corrected chi connectivity index (χ0v) is 13.7. The highest BCUT2D eigenvalue weighted by Gasteiger charge is 2.43. The molecule has 0 saturated heterocycles. The number of rotatable bonds is 3. The lowest BCUT2D eigenvalue weighted by molar-refractivity contribution is -0.147. The van der Waals surface area contributed by atoms with Gasteiger partial charge in [-0.15, -0.1) is 11.3 Å². The number of likely N-dealkylation sites (N-methyl/N-ethyl adjacent to an activating group) is 1. The highest BCUT2D eigenvalue weighted by molar-refractivity contribution is 7.16. The van der Waals surface area contributed by atoms with Crippen LogP contribution in [0.5, 0.6) is 0 Å². The topological polar surface area (TPSA) is 46.6 Å². The van der Waals surface area contributed by atoms with Gasteiger partial charge in [-0.05, 0) is 30.7 Å². The van der Waals surface area contributed by atoms with Crippen molar-refractivity contribution in [1.82, 2.24) is 0 Å². The van der Waals surface area contributed by atoms with Crippen LogP contribution in [0.2, 0.25) is 5.02 Å². The first-order valence-corrected chi connectivity index (χ1v) is 8.06. The first-order valence-electron chi connectivity index (χ1n) is 6.86. The van der Waals surface area contributed by atoms with Crippen molar-refractivity contribution in [2.75, 3.05) is 18.6 Å². The molecule has 114 valence electrons. The Bertz CT molecular complexity index is 756. The molecule has 0 radical (unpaired) electrons. The molecule has 1 amide bonds. The number of hydrogen-bond acceptors (Lipinski definition) is 4. The number of carbonyl (C=O) groups excluding carboxylic acids is 2. The predicted molar refractivity (Wildman–Crippen MR) is 87.5 cm³/mol. The van der Waals surface area contributed by atoms with Crippen LogP contribution in [0.3, 0.4) is 0 Å². The third-order valence-corrected chi connectivity index (χ3v) is 5.05. The Labute approximate surface area is 137 Å². The molecule has 1 aromatic carbocycles. The number of halogens is 1. The molecular weight excluding hydrogens is 322 g/mol. The van der Waals surface area contributed by atoms with E-state index in [1.807, 2.05) is 30.3 Å². The van der Waals surface area contributed by atoms with Gasteiger partial charge in [0.15, 0.2) is 5.92 Å². The molecule has 0 N–H and O–H groups in total. The van der Waals surface area contributed by atoms with Gasteiger partial charge in [-0.25, -0.2) is 0 Å². The molecule has 22 heavy (non-hydrogen) atoms. The van der Waals surface area contributed by atoms with Crippen LogP contribution in [0.1, 0.15) is 17.7 Å². The lowest BCUT2D eigenvalue weighted by Crippen LogP contribution is -2.29. The van der Waals surface area contributed by atoms with Gasteiger partial charge in [0.25, 0.3) is 0 Å². The van der Waals surface area contributed by atoms with Gasteiger partial charge < -0.3 is 9.64 Å². The van der Waals surface area contributed by atoms with Crippen molar-refractivity contribution < 1.29 is 14.3 Å². The Balaban J connectivity index is 2.03. The van der Waals surface area contributed by atoms with Gasteiger partial charge in [-0.3, -0.25) is 9.59 Å². The number of esters is 1. The maximum Gasteiger partial charge on any atom is 0.323 e. The molecule has 2 heterocycles. The van der Waals surface area contributed by atoms with Crippen molar-refractivity contribution in [2.24, 2.45) is 0 Å². The molecular formula is C16H14ClNO3S. The summed E-state index contributed by atoms with van der Waals surface area (Å²) in [6.07, 6.45) is 0. The Morgan fingerprint density at radius 2 is 2.18 bits per heavy atom. The van der Waals surface area contributed by atoms with E-state index < -0.39 is 11.9 Å². The lowest BCUT2D eigenvalue weighted by atomic mass is 10.1. The summed E-state index contributed by atoms with van der Waals surface area (Å²) in [6, 6.07) is 9.42. The van der Waals surface area contributed by atoms with Crippen LogP contribution in [-0.4, -0.2) is 25.5 Å². The number of amides is 1. The van der Waals surface area contributed by atoms with E-state index in [0.29, 0.717) is 5.02 Å². The third kappa shape index (κ3) is 2.40. The summed E-state index contributed by atoms with van der Waals surface area (Å²) in [5.74, 6) is -1.58. The van der Waals surface area contributed by atoms with Crippen molar-refractivity contribution in [3.05, 3.63) is 40.2 Å². The molecule has 4 nitrogen and oxygen atoms in total. The van der Waals surface area contributed by atoms with Crippen molar-refractivity contribution in [3.63, 3.8) is 0 Å². The molecule has 0 aliphatic carbocycles. The molecule has 0 saturated carbocycles. The zero-order valence-electron chi connectivity index (χ0n) is 12.1. The number of fused-ring (bicyclic) bond motifs is 1. The monoisotopic (exact) mass is 335 g/mol. The minimum Gasteiger partial charge on any atom is -0.465 e. The minimum atomic E-state index is -0.849. The van der Waals surface area contributed by atoms with Crippen LogP contribution in [0.25, 0.3) is 10.4 Å². The Hall–Kier alpha value is -1.85. The van der Waals surface area contributed by atoms with Crippen LogP contribution in [0.4, 0.5) is 5.69 Å². The third-order valence-electron chi connectivity index (χ3n) is 3.57. The molecule has 3 rings (SSSR count). The minimum absolute atomic E-state index is 0.239. The van der Waals surface area contributed by atoms with Crippen LogP contribution < -0.4 is 4.90 Å². The largest absolute Gasteiger partial charge is 0.465 e. The summed E-state index contributed by atoms with van der Waals surface area (Å²) in [5, 5.41) is 0.650. The second-order valence-electron chi connectivity index (χ2n) is 4.95. The number of thiophene rings is 1. The zero-order chi connectivity index (χ0) is 15.9. The number of ether oxygens (including phenoxy) is 1. The Kier molecular flexibility index (Phi) is 3.93. The maximum absolute atomic E-state index is 12.3. The molecule has 1 aliphatic rings. The average Bonchev–Trinajstić information content (AvgIpc) is 3.00. The fourth-order valence-corrected chi connectivity index (χ4v) is 3.96. The molecule has 1 atom stereocenters. The maximum atomic E-state index is 12.3. The highest BCUT2D eigenvalue weighted by atomic mass is 35.5. The smallest absolute Gasteiger partial charge is 0.323 e. The normalized spacial score (nSPS) is 16.8. The van der Waals surface area contributed by atoms with Crippen LogP contribution in [0, 0.1) is 0 Å². The standard InChI is InChI=1S/C16H14ClNO3S/c1-3-21-16(20)13-14-11(18(2)15(13)19)8-12(22-14)9-5-4-6-10(17)7-9/h4-8,13H,3H2,1-2H3. The van der Waals surface area contributed by atoms with E-state index in [1.165, 1.54) is 16.2 Å². The van der Waals surface area contributed by atoms with Crippen molar-refractivity contribution in [2.45, 2.75) is 12.8 Å². The van der Waals surface area contributed by atoms with Gasteiger partial charge in [-0.1, -0.05) is 23.7 Å². The average molecular weight is 336 g/mol. The number of carbonyl (C=O) groups is 2. The van der Waals surface area contributed by atoms with E-state index in [4.69, 9.17) is 16.3 Å². The number of hydrogen-bond donors (Lipinski definition) is 0. The molecule has 2 aromatic rings. The summed E-state index contributed by atoms with van der Waals surface area (Å²) in [7, 11) is 1.68. The molecule has 6 heteroatoms. The van der Waals surface area contributed by atoms with Gasteiger partial charge in [0.2, 0.25) is 5.91 Å². The van der Waals surface area contributed by atoms with Gasteiger partial charge in [0.05, 0.1) is 17.2 Å². The first kappa shape index (κ1) is 15.1. The Morgan fingerprint density at radius 1 is 1.41 bits per heavy atom. The van der Waals surface area contributed by atoms with Gasteiger partial charge in [-0.2, -0.15) is 0 Å². The van der Waals surface area contributed by atoms with Crippen molar-refractivity contribution >= 4 is 40.5 Å². The quantitative estimate of drug-likeness (QED) is 0.635. The van der Waals surface area contributed by atoms with E-state index >= 15 is 0 Å².